The predicted molar refractivity (Wildman–Crippen MR) is 118 cm³/mol. The first-order valence-corrected chi connectivity index (χ1v) is 9.83. The lowest BCUT2D eigenvalue weighted by Gasteiger charge is -2.50. The van der Waals surface area contributed by atoms with E-state index in [1.165, 1.54) is 0 Å². The van der Waals surface area contributed by atoms with Crippen LogP contribution in [0.3, 0.4) is 0 Å². The highest BCUT2D eigenvalue weighted by Crippen LogP contribution is 2.49. The number of nitrogens with zero attached hydrogens (tertiary/aromatic N) is 3. The van der Waals surface area contributed by atoms with Crippen LogP contribution < -0.4 is 0 Å². The van der Waals surface area contributed by atoms with Crippen LogP contribution in [0.1, 0.15) is 43.2 Å². The van der Waals surface area contributed by atoms with Crippen molar-refractivity contribution in [2.45, 2.75) is 32.7 Å². The summed E-state index contributed by atoms with van der Waals surface area (Å²) in [7, 11) is 3.75. The Bertz CT molecular complexity index is 935. The maximum absolute atomic E-state index is 10.7. The van der Waals surface area contributed by atoms with Crippen molar-refractivity contribution in [2.75, 3.05) is 20.7 Å². The quantitative estimate of drug-likeness (QED) is 0.594. The summed E-state index contributed by atoms with van der Waals surface area (Å²) in [4.78, 5) is 10.8. The van der Waals surface area contributed by atoms with E-state index in [1.807, 2.05) is 31.4 Å². The van der Waals surface area contributed by atoms with Gasteiger partial charge in [-0.3, -0.25) is 9.98 Å². The van der Waals surface area contributed by atoms with Gasteiger partial charge in [-0.15, -0.1) is 0 Å². The standard InChI is InChI=1S/C23H28ClN3O/c1-22(2,27(5)15-25-4)23(3,14-28)20-11-17-7-6-10-26-21(17)12-16-8-9-18(24)13-19(16)20/h6-11,13,15,28H,12,14H2,1-5H3. The summed E-state index contributed by atoms with van der Waals surface area (Å²) in [5.41, 5.74) is 4.39. The molecule has 0 saturated carbocycles. The molecule has 1 N–H and O–H groups in total. The minimum atomic E-state index is -0.584. The van der Waals surface area contributed by atoms with Crippen molar-refractivity contribution in [3.8, 4) is 0 Å². The molecule has 1 atom stereocenters. The first kappa shape index (κ1) is 20.6. The van der Waals surface area contributed by atoms with Gasteiger partial charge in [-0.1, -0.05) is 30.7 Å². The van der Waals surface area contributed by atoms with Gasteiger partial charge in [0.1, 0.15) is 0 Å². The van der Waals surface area contributed by atoms with Gasteiger partial charge in [0.15, 0.2) is 0 Å². The molecule has 3 rings (SSSR count). The lowest BCUT2D eigenvalue weighted by atomic mass is 9.65. The van der Waals surface area contributed by atoms with Crippen LogP contribution in [-0.4, -0.2) is 47.6 Å². The van der Waals surface area contributed by atoms with E-state index < -0.39 is 11.0 Å². The zero-order chi connectivity index (χ0) is 20.5. The van der Waals surface area contributed by atoms with Crippen LogP contribution in [0.5, 0.6) is 0 Å². The summed E-state index contributed by atoms with van der Waals surface area (Å²) in [6, 6.07) is 10.0. The summed E-state index contributed by atoms with van der Waals surface area (Å²) in [6.07, 6.45) is 6.53. The molecule has 0 aliphatic heterocycles. The molecule has 0 saturated heterocycles. The fourth-order valence-corrected chi connectivity index (χ4v) is 4.04. The number of aliphatic hydroxyl groups is 1. The SMILES string of the molecule is CN=CN(C)C(C)(C)C(C)(CO)C1=Cc2cccnc2Cc2ccc(Cl)cc21. The van der Waals surface area contributed by atoms with Gasteiger partial charge >= 0.3 is 0 Å². The van der Waals surface area contributed by atoms with Crippen LogP contribution in [0.4, 0.5) is 0 Å². The highest BCUT2D eigenvalue weighted by molar-refractivity contribution is 6.30. The van der Waals surface area contributed by atoms with Crippen molar-refractivity contribution >= 4 is 29.6 Å². The van der Waals surface area contributed by atoms with E-state index in [9.17, 15) is 5.11 Å². The number of benzene rings is 1. The van der Waals surface area contributed by atoms with E-state index >= 15 is 0 Å². The Morgan fingerprint density at radius 1 is 1.29 bits per heavy atom. The average molecular weight is 398 g/mol. The van der Waals surface area contributed by atoms with Gasteiger partial charge in [-0.2, -0.15) is 0 Å². The molecule has 1 aromatic carbocycles. The molecule has 1 heterocycles. The summed E-state index contributed by atoms with van der Waals surface area (Å²) in [5.74, 6) is 0. The number of hydrogen-bond acceptors (Lipinski definition) is 3. The maximum atomic E-state index is 10.7. The number of rotatable bonds is 5. The molecule has 1 aliphatic rings. The van der Waals surface area contributed by atoms with E-state index in [0.717, 1.165) is 34.4 Å². The minimum Gasteiger partial charge on any atom is -0.395 e. The van der Waals surface area contributed by atoms with Crippen molar-refractivity contribution in [1.82, 2.24) is 9.88 Å². The maximum Gasteiger partial charge on any atom is 0.0848 e. The molecule has 1 aliphatic carbocycles. The normalized spacial score (nSPS) is 16.0. The predicted octanol–water partition coefficient (Wildman–Crippen LogP) is 4.55. The smallest absolute Gasteiger partial charge is 0.0848 e. The van der Waals surface area contributed by atoms with Gasteiger partial charge in [0, 0.05) is 42.7 Å². The molecule has 148 valence electrons. The number of fused-ring (bicyclic) bond motifs is 2. The van der Waals surface area contributed by atoms with E-state index in [4.69, 9.17) is 11.6 Å². The van der Waals surface area contributed by atoms with Crippen molar-refractivity contribution in [3.05, 3.63) is 63.9 Å². The van der Waals surface area contributed by atoms with Crippen LogP contribution in [0, 0.1) is 5.41 Å². The molecule has 1 aromatic heterocycles. The Labute approximate surface area is 172 Å². The van der Waals surface area contributed by atoms with Gasteiger partial charge in [0.2, 0.25) is 0 Å². The monoisotopic (exact) mass is 397 g/mol. The molecule has 28 heavy (non-hydrogen) atoms. The number of aliphatic hydroxyl groups excluding tert-OH is 1. The Kier molecular flexibility index (Phi) is 5.64. The summed E-state index contributed by atoms with van der Waals surface area (Å²) in [6.45, 7) is 6.34. The van der Waals surface area contributed by atoms with Crippen LogP contribution in [0.2, 0.25) is 5.02 Å². The van der Waals surface area contributed by atoms with Crippen molar-refractivity contribution in [1.29, 1.82) is 0 Å². The molecule has 0 spiro atoms. The molecule has 0 radical (unpaired) electrons. The third kappa shape index (κ3) is 3.36. The lowest BCUT2D eigenvalue weighted by Crippen LogP contribution is -2.55. The molecule has 4 nitrogen and oxygen atoms in total. The van der Waals surface area contributed by atoms with E-state index in [2.05, 4.69) is 53.9 Å². The lowest BCUT2D eigenvalue weighted by molar-refractivity contribution is 0.0596. The van der Waals surface area contributed by atoms with Gasteiger partial charge < -0.3 is 10.0 Å². The largest absolute Gasteiger partial charge is 0.395 e. The zero-order valence-corrected chi connectivity index (χ0v) is 18.0. The fraction of sp³-hybridized carbons (Fsp3) is 0.391. The molecule has 0 bridgehead atoms. The molecule has 5 heteroatoms. The van der Waals surface area contributed by atoms with Crippen molar-refractivity contribution in [3.63, 3.8) is 0 Å². The third-order valence-electron chi connectivity index (χ3n) is 6.38. The second-order valence-corrected chi connectivity index (χ2v) is 8.55. The first-order valence-electron chi connectivity index (χ1n) is 9.45. The van der Waals surface area contributed by atoms with Crippen LogP contribution in [-0.2, 0) is 6.42 Å². The van der Waals surface area contributed by atoms with Gasteiger partial charge in [0.05, 0.1) is 18.6 Å². The molecule has 0 amide bonds. The summed E-state index contributed by atoms with van der Waals surface area (Å²) < 4.78 is 0. The number of halogens is 1. The highest BCUT2D eigenvalue weighted by Gasteiger charge is 2.47. The Hall–Kier alpha value is -2.17. The number of aliphatic imine (C=N–C) groups is 1. The molecular formula is C23H28ClN3O. The second-order valence-electron chi connectivity index (χ2n) is 8.11. The van der Waals surface area contributed by atoms with E-state index in [0.29, 0.717) is 5.02 Å². The molecule has 0 fully saturated rings. The second kappa shape index (κ2) is 7.69. The van der Waals surface area contributed by atoms with Gasteiger partial charge in [-0.25, -0.2) is 0 Å². The van der Waals surface area contributed by atoms with Crippen molar-refractivity contribution in [2.24, 2.45) is 10.4 Å². The van der Waals surface area contributed by atoms with E-state index in [-0.39, 0.29) is 6.61 Å². The molecule has 2 aromatic rings. The average Bonchev–Trinajstić information content (AvgIpc) is 2.84. The van der Waals surface area contributed by atoms with Gasteiger partial charge in [-0.05, 0) is 60.4 Å². The molecular weight excluding hydrogens is 370 g/mol. The third-order valence-corrected chi connectivity index (χ3v) is 6.61. The molecule has 1 unspecified atom stereocenters. The summed E-state index contributed by atoms with van der Waals surface area (Å²) in [5, 5.41) is 11.3. The minimum absolute atomic E-state index is 0.0186. The Morgan fingerprint density at radius 2 is 2.04 bits per heavy atom. The Balaban J connectivity index is 2.30. The number of hydrogen-bond donors (Lipinski definition) is 1. The first-order chi connectivity index (χ1) is 13.2. The Morgan fingerprint density at radius 3 is 2.71 bits per heavy atom. The van der Waals surface area contributed by atoms with Crippen LogP contribution >= 0.6 is 11.6 Å². The summed E-state index contributed by atoms with van der Waals surface area (Å²) >= 11 is 6.39. The zero-order valence-electron chi connectivity index (χ0n) is 17.2. The topological polar surface area (TPSA) is 48.7 Å². The van der Waals surface area contributed by atoms with Crippen molar-refractivity contribution < 1.29 is 5.11 Å². The van der Waals surface area contributed by atoms with Gasteiger partial charge in [0.25, 0.3) is 0 Å². The van der Waals surface area contributed by atoms with Crippen LogP contribution in [0.15, 0.2) is 41.5 Å². The van der Waals surface area contributed by atoms with Crippen LogP contribution in [0.25, 0.3) is 11.6 Å². The van der Waals surface area contributed by atoms with E-state index in [1.54, 1.807) is 13.4 Å². The fourth-order valence-electron chi connectivity index (χ4n) is 3.87. The highest BCUT2D eigenvalue weighted by atomic mass is 35.5. The number of aromatic nitrogens is 1. The number of pyridine rings is 1.